The van der Waals surface area contributed by atoms with E-state index in [0.29, 0.717) is 12.0 Å². The fourth-order valence-electron chi connectivity index (χ4n) is 3.57. The summed E-state index contributed by atoms with van der Waals surface area (Å²) in [5, 5.41) is 7.08. The van der Waals surface area contributed by atoms with Crippen LogP contribution in [0.15, 0.2) is 35.3 Å². The highest BCUT2D eigenvalue weighted by molar-refractivity contribution is 14.0. The van der Waals surface area contributed by atoms with E-state index in [1.54, 1.807) is 0 Å². The number of nitrogens with zero attached hydrogens (tertiary/aromatic N) is 2. The van der Waals surface area contributed by atoms with Crippen molar-refractivity contribution in [1.29, 1.82) is 0 Å². The molecule has 0 amide bonds. The van der Waals surface area contributed by atoms with Crippen LogP contribution >= 0.6 is 24.0 Å². The summed E-state index contributed by atoms with van der Waals surface area (Å²) in [6, 6.07) is 11.3. The van der Waals surface area contributed by atoms with E-state index in [4.69, 9.17) is 0 Å². The number of halogens is 1. The average molecular weight is 428 g/mol. The van der Waals surface area contributed by atoms with E-state index in [9.17, 15) is 0 Å². The van der Waals surface area contributed by atoms with Crippen molar-refractivity contribution in [1.82, 2.24) is 10.6 Å². The Morgan fingerprint density at radius 1 is 1.17 bits per heavy atom. The van der Waals surface area contributed by atoms with Gasteiger partial charge in [0.15, 0.2) is 5.96 Å². The van der Waals surface area contributed by atoms with Gasteiger partial charge in [0.05, 0.1) is 0 Å². The molecule has 2 fully saturated rings. The molecule has 5 heteroatoms. The topological polar surface area (TPSA) is 39.7 Å². The number of hydrogen-bond donors (Lipinski definition) is 2. The molecule has 0 radical (unpaired) electrons. The van der Waals surface area contributed by atoms with Gasteiger partial charge in [-0.2, -0.15) is 0 Å². The number of aliphatic imine (C=N–C) groups is 1. The average Bonchev–Trinajstić information content (AvgIpc) is 3.24. The maximum atomic E-state index is 4.37. The first kappa shape index (κ1) is 18.4. The molecule has 0 aromatic heterocycles. The summed E-state index contributed by atoms with van der Waals surface area (Å²) in [6.07, 6.45) is 6.52. The Hall–Kier alpha value is -0.980. The standard InChI is InChI=1S/C18H28N4.HI/c1-19-18(21-16-7-5-6-8-16)20-13-15-11-12-22(14-15)17-9-3-2-4-10-17;/h2-4,9-10,15-16H,5-8,11-14H2,1H3,(H2,19,20,21);1H. The van der Waals surface area contributed by atoms with Gasteiger partial charge in [0.2, 0.25) is 0 Å². The number of para-hydroxylation sites is 1. The Bertz CT molecular complexity index is 485. The predicted molar refractivity (Wildman–Crippen MR) is 109 cm³/mol. The van der Waals surface area contributed by atoms with E-state index < -0.39 is 0 Å². The maximum Gasteiger partial charge on any atom is 0.191 e. The fraction of sp³-hybridized carbons (Fsp3) is 0.611. The highest BCUT2D eigenvalue weighted by Gasteiger charge is 2.23. The van der Waals surface area contributed by atoms with Gasteiger partial charge < -0.3 is 15.5 Å². The van der Waals surface area contributed by atoms with Crippen molar-refractivity contribution in [2.75, 3.05) is 31.6 Å². The third kappa shape index (κ3) is 5.26. The number of anilines is 1. The lowest BCUT2D eigenvalue weighted by Gasteiger charge is -2.20. The minimum atomic E-state index is 0. The second-order valence-corrected chi connectivity index (χ2v) is 6.52. The Labute approximate surface area is 157 Å². The Balaban J connectivity index is 0.00000192. The van der Waals surface area contributed by atoms with Crippen molar-refractivity contribution in [3.8, 4) is 0 Å². The largest absolute Gasteiger partial charge is 0.371 e. The summed E-state index contributed by atoms with van der Waals surface area (Å²) in [4.78, 5) is 6.86. The Morgan fingerprint density at radius 3 is 2.61 bits per heavy atom. The first-order chi connectivity index (χ1) is 10.8. The molecule has 1 aliphatic heterocycles. The molecule has 1 saturated heterocycles. The molecule has 1 aromatic carbocycles. The van der Waals surface area contributed by atoms with Gasteiger partial charge in [-0.15, -0.1) is 24.0 Å². The molecular weight excluding hydrogens is 399 g/mol. The highest BCUT2D eigenvalue weighted by atomic mass is 127. The van der Waals surface area contributed by atoms with Crippen LogP contribution in [-0.2, 0) is 0 Å². The van der Waals surface area contributed by atoms with Crippen molar-refractivity contribution in [2.24, 2.45) is 10.9 Å². The lowest BCUT2D eigenvalue weighted by molar-refractivity contribution is 0.552. The summed E-state index contributed by atoms with van der Waals surface area (Å²) < 4.78 is 0. The molecule has 1 saturated carbocycles. The van der Waals surface area contributed by atoms with Crippen LogP contribution in [0.1, 0.15) is 32.1 Å². The van der Waals surface area contributed by atoms with Gasteiger partial charge in [0.1, 0.15) is 0 Å². The van der Waals surface area contributed by atoms with E-state index in [1.165, 1.54) is 37.8 Å². The summed E-state index contributed by atoms with van der Waals surface area (Å²) in [6.45, 7) is 3.30. The van der Waals surface area contributed by atoms with Gasteiger partial charge >= 0.3 is 0 Å². The van der Waals surface area contributed by atoms with Crippen LogP contribution in [0.25, 0.3) is 0 Å². The summed E-state index contributed by atoms with van der Waals surface area (Å²) in [5.41, 5.74) is 1.35. The van der Waals surface area contributed by atoms with Crippen molar-refractivity contribution >= 4 is 35.6 Å². The molecule has 1 unspecified atom stereocenters. The quantitative estimate of drug-likeness (QED) is 0.440. The first-order valence-electron chi connectivity index (χ1n) is 8.62. The number of rotatable bonds is 4. The Kier molecular flexibility index (Phi) is 7.46. The van der Waals surface area contributed by atoms with E-state index in [2.05, 4.69) is 50.9 Å². The van der Waals surface area contributed by atoms with Gasteiger partial charge in [-0.3, -0.25) is 4.99 Å². The molecule has 2 N–H and O–H groups in total. The highest BCUT2D eigenvalue weighted by Crippen LogP contribution is 2.23. The van der Waals surface area contributed by atoms with Crippen LogP contribution < -0.4 is 15.5 Å². The summed E-state index contributed by atoms with van der Waals surface area (Å²) >= 11 is 0. The zero-order valence-corrected chi connectivity index (χ0v) is 16.3. The number of benzene rings is 1. The third-order valence-electron chi connectivity index (χ3n) is 4.88. The van der Waals surface area contributed by atoms with E-state index in [0.717, 1.165) is 25.6 Å². The fourth-order valence-corrected chi connectivity index (χ4v) is 3.57. The van der Waals surface area contributed by atoms with Crippen molar-refractivity contribution < 1.29 is 0 Å². The van der Waals surface area contributed by atoms with Crippen molar-refractivity contribution in [2.45, 2.75) is 38.1 Å². The van der Waals surface area contributed by atoms with Crippen LogP contribution in [0, 0.1) is 5.92 Å². The van der Waals surface area contributed by atoms with Crippen LogP contribution in [-0.4, -0.2) is 38.7 Å². The molecule has 1 atom stereocenters. The van der Waals surface area contributed by atoms with Gasteiger partial charge in [-0.05, 0) is 37.3 Å². The Morgan fingerprint density at radius 2 is 1.91 bits per heavy atom. The van der Waals surface area contributed by atoms with Crippen LogP contribution in [0.4, 0.5) is 5.69 Å². The summed E-state index contributed by atoms with van der Waals surface area (Å²) in [5.74, 6) is 1.67. The maximum absolute atomic E-state index is 4.37. The van der Waals surface area contributed by atoms with Crippen molar-refractivity contribution in [3.05, 3.63) is 30.3 Å². The number of nitrogens with one attached hydrogen (secondary N) is 2. The van der Waals surface area contributed by atoms with Crippen molar-refractivity contribution in [3.63, 3.8) is 0 Å². The predicted octanol–water partition coefficient (Wildman–Crippen LogP) is 3.24. The van der Waals surface area contributed by atoms with Crippen LogP contribution in [0.3, 0.4) is 0 Å². The molecule has 1 aliphatic carbocycles. The molecule has 0 spiro atoms. The molecule has 1 heterocycles. The molecular formula is C18H29IN4. The van der Waals surface area contributed by atoms with Crippen LogP contribution in [0.2, 0.25) is 0 Å². The molecule has 3 rings (SSSR count). The van der Waals surface area contributed by atoms with E-state index >= 15 is 0 Å². The molecule has 1 aromatic rings. The molecule has 128 valence electrons. The molecule has 23 heavy (non-hydrogen) atoms. The first-order valence-corrected chi connectivity index (χ1v) is 8.62. The van der Waals surface area contributed by atoms with Gasteiger partial charge in [0.25, 0.3) is 0 Å². The SMILES string of the molecule is CN=C(NCC1CCN(c2ccccc2)C1)NC1CCCC1.I. The monoisotopic (exact) mass is 428 g/mol. The van der Waals surface area contributed by atoms with E-state index in [1.807, 2.05) is 7.05 Å². The van der Waals surface area contributed by atoms with E-state index in [-0.39, 0.29) is 24.0 Å². The smallest absolute Gasteiger partial charge is 0.191 e. The lowest BCUT2D eigenvalue weighted by Crippen LogP contribution is -2.44. The third-order valence-corrected chi connectivity index (χ3v) is 4.88. The lowest BCUT2D eigenvalue weighted by atomic mass is 10.1. The number of hydrogen-bond acceptors (Lipinski definition) is 2. The minimum absolute atomic E-state index is 0. The normalized spacial score (nSPS) is 22.0. The van der Waals surface area contributed by atoms with Gasteiger partial charge in [-0.1, -0.05) is 31.0 Å². The minimum Gasteiger partial charge on any atom is -0.371 e. The zero-order chi connectivity index (χ0) is 15.2. The summed E-state index contributed by atoms with van der Waals surface area (Å²) in [7, 11) is 1.87. The molecule has 0 bridgehead atoms. The molecule has 4 nitrogen and oxygen atoms in total. The molecule has 2 aliphatic rings. The second kappa shape index (κ2) is 9.35. The van der Waals surface area contributed by atoms with Gasteiger partial charge in [-0.25, -0.2) is 0 Å². The zero-order valence-electron chi connectivity index (χ0n) is 14.0. The van der Waals surface area contributed by atoms with Crippen LogP contribution in [0.5, 0.6) is 0 Å². The second-order valence-electron chi connectivity index (χ2n) is 6.52. The number of guanidine groups is 1. The van der Waals surface area contributed by atoms with Gasteiger partial charge in [0, 0.05) is 38.4 Å².